The van der Waals surface area contributed by atoms with Gasteiger partial charge in [-0.2, -0.15) is 0 Å². The summed E-state index contributed by atoms with van der Waals surface area (Å²) in [6.45, 7) is 0. The maximum atomic E-state index is 12.8. The van der Waals surface area contributed by atoms with E-state index in [-0.39, 0.29) is 11.5 Å². The first-order chi connectivity index (χ1) is 8.08. The van der Waals surface area contributed by atoms with E-state index in [1.54, 1.807) is 0 Å². The van der Waals surface area contributed by atoms with Crippen molar-refractivity contribution in [3.8, 4) is 0 Å². The highest BCUT2D eigenvalue weighted by molar-refractivity contribution is 9.10. The van der Waals surface area contributed by atoms with Crippen LogP contribution in [0.2, 0.25) is 0 Å². The summed E-state index contributed by atoms with van der Waals surface area (Å²) in [5.41, 5.74) is 5.62. The fraction of sp³-hybridized carbons (Fsp3) is 0. The summed E-state index contributed by atoms with van der Waals surface area (Å²) in [5, 5.41) is 9.11. The Hall–Kier alpha value is -1.96. The van der Waals surface area contributed by atoms with Crippen molar-refractivity contribution < 1.29 is 13.8 Å². The molecular formula is C9H6BrFN4O2. The van der Waals surface area contributed by atoms with Crippen LogP contribution in [0.15, 0.2) is 27.3 Å². The van der Waals surface area contributed by atoms with Gasteiger partial charge in [-0.25, -0.2) is 9.02 Å². The molecular weight excluding hydrogens is 295 g/mol. The molecule has 1 amide bonds. The van der Waals surface area contributed by atoms with Crippen molar-refractivity contribution in [3.63, 3.8) is 0 Å². The number of hydrogen-bond acceptors (Lipinski definition) is 5. The summed E-state index contributed by atoms with van der Waals surface area (Å²) in [7, 11) is 0. The van der Waals surface area contributed by atoms with Crippen LogP contribution in [-0.2, 0) is 0 Å². The monoisotopic (exact) mass is 300 g/mol. The van der Waals surface area contributed by atoms with E-state index in [1.807, 2.05) is 0 Å². The van der Waals surface area contributed by atoms with E-state index in [0.29, 0.717) is 10.2 Å². The zero-order chi connectivity index (χ0) is 12.4. The second-order valence-electron chi connectivity index (χ2n) is 3.08. The minimum atomic E-state index is -0.587. The Bertz CT molecular complexity index is 572. The van der Waals surface area contributed by atoms with Crippen LogP contribution in [0.3, 0.4) is 0 Å². The van der Waals surface area contributed by atoms with Crippen molar-refractivity contribution in [2.45, 2.75) is 0 Å². The summed E-state index contributed by atoms with van der Waals surface area (Å²) in [5.74, 6) is -1.12. The number of anilines is 2. The standard InChI is InChI=1S/C9H6BrFN4O2/c10-5-3-4(11)1-2-6(5)13-9(16)7-8(12)15-17-14-7/h1-3H,(H2,12,15)(H,13,16). The van der Waals surface area contributed by atoms with Crippen LogP contribution in [0, 0.1) is 5.82 Å². The van der Waals surface area contributed by atoms with Crippen LogP contribution in [0.5, 0.6) is 0 Å². The van der Waals surface area contributed by atoms with Crippen molar-refractivity contribution >= 4 is 33.3 Å². The van der Waals surface area contributed by atoms with Crippen LogP contribution in [0.25, 0.3) is 0 Å². The lowest BCUT2D eigenvalue weighted by Crippen LogP contribution is -2.14. The highest BCUT2D eigenvalue weighted by Crippen LogP contribution is 2.23. The summed E-state index contributed by atoms with van der Waals surface area (Å²) in [6.07, 6.45) is 0. The lowest BCUT2D eigenvalue weighted by Gasteiger charge is -2.05. The SMILES string of the molecule is Nc1nonc1C(=O)Nc1ccc(F)cc1Br. The third-order valence-electron chi connectivity index (χ3n) is 1.91. The van der Waals surface area contributed by atoms with Gasteiger partial charge < -0.3 is 11.1 Å². The number of halogens is 2. The van der Waals surface area contributed by atoms with Gasteiger partial charge in [0.05, 0.1) is 5.69 Å². The van der Waals surface area contributed by atoms with E-state index in [0.717, 1.165) is 0 Å². The van der Waals surface area contributed by atoms with Crippen molar-refractivity contribution in [2.24, 2.45) is 0 Å². The predicted molar refractivity (Wildman–Crippen MR) is 60.8 cm³/mol. The van der Waals surface area contributed by atoms with E-state index in [2.05, 4.69) is 36.2 Å². The maximum absolute atomic E-state index is 12.8. The van der Waals surface area contributed by atoms with Gasteiger partial charge in [-0.15, -0.1) is 0 Å². The molecule has 3 N–H and O–H groups in total. The summed E-state index contributed by atoms with van der Waals surface area (Å²) < 4.78 is 17.5. The normalized spacial score (nSPS) is 10.2. The number of benzene rings is 1. The minimum absolute atomic E-state index is 0.110. The molecule has 0 saturated heterocycles. The molecule has 1 heterocycles. The Morgan fingerprint density at radius 2 is 2.24 bits per heavy atom. The molecule has 2 aromatic rings. The molecule has 0 bridgehead atoms. The maximum Gasteiger partial charge on any atom is 0.281 e. The molecule has 8 heteroatoms. The van der Waals surface area contributed by atoms with Crippen LogP contribution in [0.4, 0.5) is 15.9 Å². The van der Waals surface area contributed by atoms with Gasteiger partial charge in [0.1, 0.15) is 5.82 Å². The number of nitrogens with zero attached hydrogens (tertiary/aromatic N) is 2. The van der Waals surface area contributed by atoms with Gasteiger partial charge in [-0.05, 0) is 44.4 Å². The van der Waals surface area contributed by atoms with Crippen LogP contribution < -0.4 is 11.1 Å². The van der Waals surface area contributed by atoms with Gasteiger partial charge in [0.2, 0.25) is 11.5 Å². The molecule has 17 heavy (non-hydrogen) atoms. The first-order valence-electron chi connectivity index (χ1n) is 4.42. The molecule has 0 aliphatic heterocycles. The average Bonchev–Trinajstić information content (AvgIpc) is 2.68. The molecule has 0 aliphatic carbocycles. The highest BCUT2D eigenvalue weighted by Gasteiger charge is 2.16. The highest BCUT2D eigenvalue weighted by atomic mass is 79.9. The first-order valence-corrected chi connectivity index (χ1v) is 5.21. The summed E-state index contributed by atoms with van der Waals surface area (Å²) in [6, 6.07) is 3.84. The average molecular weight is 301 g/mol. The van der Waals surface area contributed by atoms with Gasteiger partial charge >= 0.3 is 0 Å². The molecule has 0 saturated carbocycles. The third kappa shape index (κ3) is 2.41. The van der Waals surface area contributed by atoms with Crippen molar-refractivity contribution in [3.05, 3.63) is 34.2 Å². The largest absolute Gasteiger partial charge is 0.379 e. The molecule has 2 rings (SSSR count). The van der Waals surface area contributed by atoms with Crippen LogP contribution in [0.1, 0.15) is 10.5 Å². The third-order valence-corrected chi connectivity index (χ3v) is 2.56. The Kier molecular flexibility index (Phi) is 3.05. The zero-order valence-corrected chi connectivity index (χ0v) is 9.86. The Morgan fingerprint density at radius 1 is 1.47 bits per heavy atom. The summed E-state index contributed by atoms with van der Waals surface area (Å²) in [4.78, 5) is 11.7. The molecule has 1 aromatic carbocycles. The molecule has 0 atom stereocenters. The number of hydrogen-bond donors (Lipinski definition) is 2. The smallest absolute Gasteiger partial charge is 0.281 e. The fourth-order valence-corrected chi connectivity index (χ4v) is 1.58. The van der Waals surface area contributed by atoms with E-state index in [1.165, 1.54) is 18.2 Å². The van der Waals surface area contributed by atoms with Gasteiger partial charge in [0.25, 0.3) is 5.91 Å². The number of carbonyl (C=O) groups is 1. The molecule has 0 radical (unpaired) electrons. The first kappa shape index (κ1) is 11.5. The van der Waals surface area contributed by atoms with E-state index in [4.69, 9.17) is 5.73 Å². The molecule has 88 valence electrons. The quantitative estimate of drug-likeness (QED) is 0.882. The lowest BCUT2D eigenvalue weighted by molar-refractivity contribution is 0.101. The van der Waals surface area contributed by atoms with Gasteiger partial charge in [0, 0.05) is 4.47 Å². The molecule has 0 unspecified atom stereocenters. The molecule has 0 spiro atoms. The number of nitrogens with two attached hydrogens (primary N) is 1. The number of nitrogens with one attached hydrogen (secondary N) is 1. The fourth-order valence-electron chi connectivity index (χ4n) is 1.13. The Labute approximate surface area is 103 Å². The topological polar surface area (TPSA) is 94.0 Å². The van der Waals surface area contributed by atoms with Crippen LogP contribution >= 0.6 is 15.9 Å². The second kappa shape index (κ2) is 4.50. The second-order valence-corrected chi connectivity index (χ2v) is 3.93. The van der Waals surface area contributed by atoms with Crippen molar-refractivity contribution in [1.29, 1.82) is 0 Å². The minimum Gasteiger partial charge on any atom is -0.379 e. The molecule has 6 nitrogen and oxygen atoms in total. The van der Waals surface area contributed by atoms with Gasteiger partial charge in [-0.3, -0.25) is 4.79 Å². The number of carbonyl (C=O) groups excluding carboxylic acids is 1. The van der Waals surface area contributed by atoms with E-state index in [9.17, 15) is 9.18 Å². The predicted octanol–water partition coefficient (Wildman–Crippen LogP) is 1.81. The lowest BCUT2D eigenvalue weighted by atomic mass is 10.3. The van der Waals surface area contributed by atoms with E-state index >= 15 is 0 Å². The number of rotatable bonds is 2. The number of amides is 1. The van der Waals surface area contributed by atoms with Crippen molar-refractivity contribution in [2.75, 3.05) is 11.1 Å². The molecule has 0 fully saturated rings. The Balaban J connectivity index is 2.22. The van der Waals surface area contributed by atoms with Gasteiger partial charge in [0.15, 0.2) is 0 Å². The van der Waals surface area contributed by atoms with Crippen molar-refractivity contribution in [1.82, 2.24) is 10.3 Å². The summed E-state index contributed by atoms with van der Waals surface area (Å²) >= 11 is 3.11. The van der Waals surface area contributed by atoms with E-state index < -0.39 is 11.7 Å². The van der Waals surface area contributed by atoms with Crippen LogP contribution in [-0.4, -0.2) is 16.2 Å². The molecule has 1 aromatic heterocycles. The molecule has 0 aliphatic rings. The Morgan fingerprint density at radius 3 is 2.82 bits per heavy atom. The van der Waals surface area contributed by atoms with Gasteiger partial charge in [-0.1, -0.05) is 0 Å². The number of aromatic nitrogens is 2. The number of nitrogen functional groups attached to an aromatic ring is 1. The zero-order valence-electron chi connectivity index (χ0n) is 8.28.